The molecule has 0 unspecified atom stereocenters. The van der Waals surface area contributed by atoms with Crippen molar-refractivity contribution in [2.45, 2.75) is 6.42 Å². The number of furan rings is 1. The number of carbonyl (C=O) groups excluding carboxylic acids is 1. The Bertz CT molecular complexity index is 918. The first-order valence-corrected chi connectivity index (χ1v) is 7.40. The summed E-state index contributed by atoms with van der Waals surface area (Å²) in [5.74, 6) is 1.20. The molecule has 2 aromatic carbocycles. The van der Waals surface area contributed by atoms with E-state index in [4.69, 9.17) is 4.42 Å². The van der Waals surface area contributed by atoms with E-state index in [1.807, 2.05) is 48.5 Å². The highest BCUT2D eigenvalue weighted by atomic mass is 16.3. The van der Waals surface area contributed by atoms with Gasteiger partial charge in [0.15, 0.2) is 5.76 Å². The van der Waals surface area contributed by atoms with E-state index in [1.54, 1.807) is 12.1 Å². The minimum atomic E-state index is -0.0218. The number of aromatic nitrogens is 2. The van der Waals surface area contributed by atoms with Crippen molar-refractivity contribution in [2.24, 2.45) is 0 Å². The summed E-state index contributed by atoms with van der Waals surface area (Å²) in [7, 11) is 0. The Hall–Kier alpha value is -3.14. The average molecular weight is 302 g/mol. The Balaban J connectivity index is 1.57. The summed E-state index contributed by atoms with van der Waals surface area (Å²) < 4.78 is 5.13. The van der Waals surface area contributed by atoms with E-state index in [9.17, 15) is 4.79 Å². The molecule has 1 N–H and O–H groups in total. The number of carbonyl (C=O) groups is 1. The van der Waals surface area contributed by atoms with Gasteiger partial charge in [-0.2, -0.15) is 0 Å². The van der Waals surface area contributed by atoms with Crippen molar-refractivity contribution < 1.29 is 9.21 Å². The molecule has 0 saturated carbocycles. The van der Waals surface area contributed by atoms with Gasteiger partial charge in [-0.05, 0) is 29.8 Å². The predicted molar refractivity (Wildman–Crippen MR) is 88.3 cm³/mol. The largest absolute Gasteiger partial charge is 0.461 e. The van der Waals surface area contributed by atoms with Gasteiger partial charge >= 0.3 is 0 Å². The summed E-state index contributed by atoms with van der Waals surface area (Å²) in [6.45, 7) is 0. The lowest BCUT2D eigenvalue weighted by Crippen LogP contribution is -2.01. The number of hydrogen-bond acceptors (Lipinski definition) is 3. The highest BCUT2D eigenvalue weighted by Crippen LogP contribution is 2.21. The van der Waals surface area contributed by atoms with Gasteiger partial charge in [0.25, 0.3) is 0 Å². The topological polar surface area (TPSA) is 58.9 Å². The number of para-hydroxylation sites is 2. The maximum Gasteiger partial charge on any atom is 0.202 e. The molecule has 0 radical (unpaired) electrons. The number of imidazole rings is 1. The molecule has 23 heavy (non-hydrogen) atoms. The third-order valence-corrected chi connectivity index (χ3v) is 3.78. The molecule has 0 aliphatic carbocycles. The molecule has 112 valence electrons. The van der Waals surface area contributed by atoms with Gasteiger partial charge in [0.2, 0.25) is 5.78 Å². The van der Waals surface area contributed by atoms with E-state index in [-0.39, 0.29) is 5.78 Å². The number of hydrogen-bond donors (Lipinski definition) is 1. The molecule has 4 nitrogen and oxygen atoms in total. The van der Waals surface area contributed by atoms with Crippen LogP contribution in [0.1, 0.15) is 16.1 Å². The normalized spacial score (nSPS) is 11.0. The molecular weight excluding hydrogens is 288 g/mol. The molecule has 4 aromatic rings. The molecule has 4 heteroatoms. The van der Waals surface area contributed by atoms with Crippen LogP contribution in [0.5, 0.6) is 0 Å². The molecule has 2 aromatic heterocycles. The number of fused-ring (bicyclic) bond motifs is 1. The number of nitrogens with one attached hydrogen (secondary N) is 1. The fourth-order valence-electron chi connectivity index (χ4n) is 2.58. The van der Waals surface area contributed by atoms with Crippen LogP contribution in [0.2, 0.25) is 0 Å². The monoisotopic (exact) mass is 302 g/mol. The second-order valence-electron chi connectivity index (χ2n) is 5.38. The van der Waals surface area contributed by atoms with Gasteiger partial charge in [-0.3, -0.25) is 4.79 Å². The first-order valence-electron chi connectivity index (χ1n) is 7.40. The molecule has 2 heterocycles. The number of rotatable bonds is 4. The standard InChI is InChI=1S/C19H14N2O2/c22-17(18-6-3-11-23-18)12-13-7-9-14(10-8-13)19-20-15-4-1-2-5-16(15)21-19/h1-11H,12H2,(H,20,21). The summed E-state index contributed by atoms with van der Waals surface area (Å²) >= 11 is 0. The van der Waals surface area contributed by atoms with Crippen LogP contribution in [0.3, 0.4) is 0 Å². The van der Waals surface area contributed by atoms with Gasteiger partial charge in [-0.25, -0.2) is 4.98 Å². The van der Waals surface area contributed by atoms with Crippen LogP contribution in [0.25, 0.3) is 22.4 Å². The van der Waals surface area contributed by atoms with Gasteiger partial charge in [0, 0.05) is 12.0 Å². The number of ketones is 1. The van der Waals surface area contributed by atoms with Gasteiger partial charge in [0.05, 0.1) is 17.3 Å². The second kappa shape index (κ2) is 5.57. The number of aromatic amines is 1. The van der Waals surface area contributed by atoms with Crippen LogP contribution < -0.4 is 0 Å². The summed E-state index contributed by atoms with van der Waals surface area (Å²) in [6.07, 6.45) is 1.84. The zero-order chi connectivity index (χ0) is 15.6. The first-order chi connectivity index (χ1) is 11.3. The lowest BCUT2D eigenvalue weighted by molar-refractivity contribution is 0.0966. The Morgan fingerprint density at radius 1 is 1.00 bits per heavy atom. The quantitative estimate of drug-likeness (QED) is 0.573. The smallest absolute Gasteiger partial charge is 0.202 e. The van der Waals surface area contributed by atoms with Crippen molar-refractivity contribution in [3.8, 4) is 11.4 Å². The second-order valence-corrected chi connectivity index (χ2v) is 5.38. The van der Waals surface area contributed by atoms with Crippen molar-refractivity contribution in [1.29, 1.82) is 0 Å². The van der Waals surface area contributed by atoms with Crippen LogP contribution in [-0.2, 0) is 6.42 Å². The summed E-state index contributed by atoms with van der Waals surface area (Å²) in [5.41, 5.74) is 3.90. The van der Waals surface area contributed by atoms with Gasteiger partial charge < -0.3 is 9.40 Å². The summed E-state index contributed by atoms with van der Waals surface area (Å²) in [5, 5.41) is 0. The molecule has 0 atom stereocenters. The lowest BCUT2D eigenvalue weighted by Gasteiger charge is -2.01. The van der Waals surface area contributed by atoms with E-state index in [0.29, 0.717) is 12.2 Å². The van der Waals surface area contributed by atoms with Crippen LogP contribution in [0.4, 0.5) is 0 Å². The Morgan fingerprint density at radius 2 is 1.83 bits per heavy atom. The number of benzene rings is 2. The third-order valence-electron chi connectivity index (χ3n) is 3.78. The first kappa shape index (κ1) is 13.5. The zero-order valence-electron chi connectivity index (χ0n) is 12.3. The van der Waals surface area contributed by atoms with Crippen molar-refractivity contribution >= 4 is 16.8 Å². The van der Waals surface area contributed by atoms with Crippen molar-refractivity contribution in [3.05, 3.63) is 78.3 Å². The number of nitrogens with zero attached hydrogens (tertiary/aromatic N) is 1. The van der Waals surface area contributed by atoms with Gasteiger partial charge in [-0.15, -0.1) is 0 Å². The molecule has 0 aliphatic heterocycles. The third kappa shape index (κ3) is 2.66. The van der Waals surface area contributed by atoms with E-state index in [1.165, 1.54) is 6.26 Å². The average Bonchev–Trinajstić information content (AvgIpc) is 3.25. The summed E-state index contributed by atoms with van der Waals surface area (Å²) in [4.78, 5) is 19.9. The van der Waals surface area contributed by atoms with Crippen molar-refractivity contribution in [3.63, 3.8) is 0 Å². The van der Waals surface area contributed by atoms with Crippen LogP contribution in [0, 0.1) is 0 Å². The van der Waals surface area contributed by atoms with Crippen LogP contribution >= 0.6 is 0 Å². The van der Waals surface area contributed by atoms with E-state index < -0.39 is 0 Å². The molecule has 0 aliphatic rings. The molecule has 0 amide bonds. The minimum absolute atomic E-state index is 0.0218. The highest BCUT2D eigenvalue weighted by Gasteiger charge is 2.10. The van der Waals surface area contributed by atoms with Crippen LogP contribution in [0.15, 0.2) is 71.3 Å². The Kier molecular flexibility index (Phi) is 3.27. The predicted octanol–water partition coefficient (Wildman–Crippen LogP) is 4.25. The van der Waals surface area contributed by atoms with E-state index in [0.717, 1.165) is 28.0 Å². The van der Waals surface area contributed by atoms with Crippen molar-refractivity contribution in [2.75, 3.05) is 0 Å². The van der Waals surface area contributed by atoms with Gasteiger partial charge in [0.1, 0.15) is 5.82 Å². The highest BCUT2D eigenvalue weighted by molar-refractivity contribution is 5.95. The SMILES string of the molecule is O=C(Cc1ccc(-c2nc3ccccc3[nH]2)cc1)c1ccco1. The fraction of sp³-hybridized carbons (Fsp3) is 0.0526. The fourth-order valence-corrected chi connectivity index (χ4v) is 2.58. The minimum Gasteiger partial charge on any atom is -0.461 e. The zero-order valence-corrected chi connectivity index (χ0v) is 12.3. The van der Waals surface area contributed by atoms with E-state index in [2.05, 4.69) is 9.97 Å². The van der Waals surface area contributed by atoms with E-state index >= 15 is 0 Å². The number of Topliss-reactive ketones (excluding diaryl/α,β-unsaturated/α-hetero) is 1. The molecular formula is C19H14N2O2. The Morgan fingerprint density at radius 3 is 2.57 bits per heavy atom. The molecule has 0 saturated heterocycles. The molecule has 0 spiro atoms. The molecule has 0 fully saturated rings. The maximum atomic E-state index is 12.0. The van der Waals surface area contributed by atoms with Crippen molar-refractivity contribution in [1.82, 2.24) is 9.97 Å². The molecule has 4 rings (SSSR count). The maximum absolute atomic E-state index is 12.0. The molecule has 0 bridgehead atoms. The van der Waals surface area contributed by atoms with Crippen LogP contribution in [-0.4, -0.2) is 15.8 Å². The summed E-state index contributed by atoms with van der Waals surface area (Å²) in [6, 6.07) is 19.2. The number of H-pyrrole nitrogens is 1. The lowest BCUT2D eigenvalue weighted by atomic mass is 10.1. The Labute approximate surface area is 132 Å². The van der Waals surface area contributed by atoms with Gasteiger partial charge in [-0.1, -0.05) is 36.4 Å².